The van der Waals surface area contributed by atoms with E-state index in [-0.39, 0.29) is 5.91 Å². The molecule has 3 aromatic rings. The van der Waals surface area contributed by atoms with Crippen LogP contribution in [0.4, 0.5) is 0 Å². The van der Waals surface area contributed by atoms with Crippen LogP contribution in [0.1, 0.15) is 33.2 Å². The van der Waals surface area contributed by atoms with Crippen LogP contribution in [0, 0.1) is 3.57 Å². The van der Waals surface area contributed by atoms with E-state index in [1.165, 1.54) is 6.21 Å². The third-order valence-electron chi connectivity index (χ3n) is 3.98. The van der Waals surface area contributed by atoms with Crippen LogP contribution in [0.2, 0.25) is 0 Å². The lowest BCUT2D eigenvalue weighted by Gasteiger charge is -2.11. The minimum absolute atomic E-state index is 0.297. The molecule has 0 bridgehead atoms. The number of nitrogens with one attached hydrogen (secondary N) is 1. The monoisotopic (exact) mass is 514 g/mol. The van der Waals surface area contributed by atoms with Crippen molar-refractivity contribution in [3.63, 3.8) is 0 Å². The Balaban J connectivity index is 1.71. The maximum absolute atomic E-state index is 12.3. The minimum atomic E-state index is -0.470. The van der Waals surface area contributed by atoms with Crippen molar-refractivity contribution in [3.05, 3.63) is 93.1 Å². The molecule has 7 heteroatoms. The molecule has 152 valence electrons. The Bertz CT molecular complexity index is 1070. The number of amides is 1. The highest BCUT2D eigenvalue weighted by Gasteiger charge is 2.13. The number of rotatable bonds is 7. The van der Waals surface area contributed by atoms with Gasteiger partial charge >= 0.3 is 5.97 Å². The zero-order chi connectivity index (χ0) is 21.3. The van der Waals surface area contributed by atoms with Gasteiger partial charge in [-0.05, 0) is 77.5 Å². The van der Waals surface area contributed by atoms with E-state index < -0.39 is 5.97 Å². The van der Waals surface area contributed by atoms with Gasteiger partial charge in [-0.1, -0.05) is 30.3 Å². The molecule has 30 heavy (non-hydrogen) atoms. The molecule has 6 nitrogen and oxygen atoms in total. The van der Waals surface area contributed by atoms with Crippen molar-refractivity contribution < 1.29 is 19.1 Å². The summed E-state index contributed by atoms with van der Waals surface area (Å²) in [5.74, 6) is -0.0437. The van der Waals surface area contributed by atoms with Crippen LogP contribution in [0.5, 0.6) is 11.5 Å². The smallest absolute Gasteiger partial charge is 0.343 e. The average Bonchev–Trinajstić information content (AvgIpc) is 2.76. The van der Waals surface area contributed by atoms with Crippen LogP contribution in [0.15, 0.2) is 77.9 Å². The first kappa shape index (κ1) is 21.5. The second-order valence-electron chi connectivity index (χ2n) is 6.07. The van der Waals surface area contributed by atoms with Gasteiger partial charge in [-0.3, -0.25) is 4.79 Å². The SMILES string of the molecule is CCOc1cc(C=NNC(=O)c2ccccc2I)ccc1OC(=O)c1ccccc1. The molecule has 0 aliphatic heterocycles. The van der Waals surface area contributed by atoms with E-state index in [0.717, 1.165) is 3.57 Å². The van der Waals surface area contributed by atoms with E-state index in [1.807, 2.05) is 25.1 Å². The summed E-state index contributed by atoms with van der Waals surface area (Å²) in [6.45, 7) is 2.24. The van der Waals surface area contributed by atoms with Crippen LogP contribution in [0.25, 0.3) is 0 Å². The molecule has 0 aliphatic carbocycles. The molecular formula is C23H19IN2O4. The molecule has 0 aromatic heterocycles. The fourth-order valence-corrected chi connectivity index (χ4v) is 3.19. The summed E-state index contributed by atoms with van der Waals surface area (Å²) in [7, 11) is 0. The van der Waals surface area contributed by atoms with Gasteiger partial charge < -0.3 is 9.47 Å². The Labute approximate surface area is 188 Å². The van der Waals surface area contributed by atoms with Gasteiger partial charge in [-0.2, -0.15) is 5.10 Å². The fraction of sp³-hybridized carbons (Fsp3) is 0.0870. The fourth-order valence-electron chi connectivity index (χ4n) is 2.56. The number of hydrogen-bond acceptors (Lipinski definition) is 5. The molecule has 0 unspecified atom stereocenters. The number of carbonyl (C=O) groups excluding carboxylic acids is 2. The molecule has 0 saturated heterocycles. The van der Waals surface area contributed by atoms with E-state index in [4.69, 9.17) is 9.47 Å². The highest BCUT2D eigenvalue weighted by molar-refractivity contribution is 14.1. The number of halogens is 1. The summed E-state index contributed by atoms with van der Waals surface area (Å²) in [5.41, 5.74) is 4.19. The Kier molecular flexibility index (Phi) is 7.56. The molecule has 0 aliphatic rings. The number of hydrazone groups is 1. The average molecular weight is 514 g/mol. The molecule has 0 atom stereocenters. The minimum Gasteiger partial charge on any atom is -0.490 e. The molecular weight excluding hydrogens is 495 g/mol. The first-order chi connectivity index (χ1) is 14.6. The summed E-state index contributed by atoms with van der Waals surface area (Å²) in [6.07, 6.45) is 1.50. The van der Waals surface area contributed by atoms with Crippen LogP contribution in [-0.4, -0.2) is 24.7 Å². The molecule has 3 aromatic carbocycles. The van der Waals surface area contributed by atoms with Crippen molar-refractivity contribution in [3.8, 4) is 11.5 Å². The van der Waals surface area contributed by atoms with E-state index >= 15 is 0 Å². The van der Waals surface area contributed by atoms with E-state index in [1.54, 1.807) is 54.6 Å². The lowest BCUT2D eigenvalue weighted by atomic mass is 10.2. The maximum Gasteiger partial charge on any atom is 0.343 e. The summed E-state index contributed by atoms with van der Waals surface area (Å²) in [5, 5.41) is 4.01. The van der Waals surface area contributed by atoms with Crippen LogP contribution in [-0.2, 0) is 0 Å². The van der Waals surface area contributed by atoms with Crippen molar-refractivity contribution in [2.45, 2.75) is 6.92 Å². The molecule has 0 spiro atoms. The Morgan fingerprint density at radius 2 is 1.73 bits per heavy atom. The van der Waals surface area contributed by atoms with Gasteiger partial charge in [0, 0.05) is 3.57 Å². The maximum atomic E-state index is 12.3. The first-order valence-corrected chi connectivity index (χ1v) is 10.3. The summed E-state index contributed by atoms with van der Waals surface area (Å²) < 4.78 is 11.9. The largest absolute Gasteiger partial charge is 0.490 e. The lowest BCUT2D eigenvalue weighted by Crippen LogP contribution is -2.18. The Hall–Kier alpha value is -3.20. The van der Waals surface area contributed by atoms with Crippen molar-refractivity contribution in [2.75, 3.05) is 6.61 Å². The van der Waals surface area contributed by atoms with Crippen molar-refractivity contribution in [2.24, 2.45) is 5.10 Å². The van der Waals surface area contributed by atoms with Gasteiger partial charge in [0.1, 0.15) is 0 Å². The Morgan fingerprint density at radius 1 is 1.00 bits per heavy atom. The number of benzene rings is 3. The third-order valence-corrected chi connectivity index (χ3v) is 4.92. The second-order valence-corrected chi connectivity index (χ2v) is 7.24. The number of carbonyl (C=O) groups is 2. The summed E-state index contributed by atoms with van der Waals surface area (Å²) in [6, 6.07) is 21.0. The van der Waals surface area contributed by atoms with Crippen LogP contribution < -0.4 is 14.9 Å². The highest BCUT2D eigenvalue weighted by atomic mass is 127. The molecule has 1 amide bonds. The normalized spacial score (nSPS) is 10.6. The molecule has 1 N–H and O–H groups in total. The summed E-state index contributed by atoms with van der Waals surface area (Å²) in [4.78, 5) is 24.5. The van der Waals surface area contributed by atoms with Gasteiger partial charge in [0.05, 0.1) is 23.9 Å². The van der Waals surface area contributed by atoms with Crippen LogP contribution >= 0.6 is 22.6 Å². The van der Waals surface area contributed by atoms with Crippen molar-refractivity contribution in [1.82, 2.24) is 5.43 Å². The number of nitrogens with zero attached hydrogens (tertiary/aromatic N) is 1. The first-order valence-electron chi connectivity index (χ1n) is 9.20. The summed E-state index contributed by atoms with van der Waals surface area (Å²) >= 11 is 2.10. The van der Waals surface area contributed by atoms with Crippen LogP contribution in [0.3, 0.4) is 0 Å². The van der Waals surface area contributed by atoms with Gasteiger partial charge in [0.25, 0.3) is 5.91 Å². The van der Waals surface area contributed by atoms with Crippen molar-refractivity contribution >= 4 is 40.7 Å². The molecule has 0 saturated carbocycles. The highest BCUT2D eigenvalue weighted by Crippen LogP contribution is 2.29. The quantitative estimate of drug-likeness (QED) is 0.164. The zero-order valence-electron chi connectivity index (χ0n) is 16.2. The van der Waals surface area contributed by atoms with E-state index in [2.05, 4.69) is 33.1 Å². The number of ether oxygens (including phenoxy) is 2. The van der Waals surface area contributed by atoms with E-state index in [0.29, 0.717) is 34.8 Å². The number of esters is 1. The molecule has 0 fully saturated rings. The molecule has 0 heterocycles. The predicted molar refractivity (Wildman–Crippen MR) is 123 cm³/mol. The van der Waals surface area contributed by atoms with Gasteiger partial charge in [-0.25, -0.2) is 10.2 Å². The lowest BCUT2D eigenvalue weighted by molar-refractivity contribution is 0.0728. The molecule has 0 radical (unpaired) electrons. The zero-order valence-corrected chi connectivity index (χ0v) is 18.3. The predicted octanol–water partition coefficient (Wildman–Crippen LogP) is 4.67. The van der Waals surface area contributed by atoms with E-state index in [9.17, 15) is 9.59 Å². The van der Waals surface area contributed by atoms with Gasteiger partial charge in [0.2, 0.25) is 0 Å². The topological polar surface area (TPSA) is 77.0 Å². The second kappa shape index (κ2) is 10.5. The molecule has 3 rings (SSSR count). The Morgan fingerprint density at radius 3 is 2.47 bits per heavy atom. The van der Waals surface area contributed by atoms with Gasteiger partial charge in [-0.15, -0.1) is 0 Å². The third kappa shape index (κ3) is 5.66. The standard InChI is InChI=1S/C23H19IN2O4/c1-2-29-21-14-16(15-25-26-22(27)18-10-6-7-11-19(18)24)12-13-20(21)30-23(28)17-8-4-3-5-9-17/h3-15H,2H2,1H3,(H,26,27). The number of hydrogen-bond donors (Lipinski definition) is 1. The van der Waals surface area contributed by atoms with Gasteiger partial charge in [0.15, 0.2) is 11.5 Å². The van der Waals surface area contributed by atoms with Crippen molar-refractivity contribution in [1.29, 1.82) is 0 Å².